The lowest BCUT2D eigenvalue weighted by Crippen LogP contribution is -2.51. The van der Waals surface area contributed by atoms with Crippen molar-refractivity contribution in [3.63, 3.8) is 0 Å². The van der Waals surface area contributed by atoms with E-state index in [1.54, 1.807) is 0 Å². The Balaban J connectivity index is 2.48. The molecule has 2 atom stereocenters. The molecule has 0 spiro atoms. The van der Waals surface area contributed by atoms with Gasteiger partial charge in [-0.25, -0.2) is 4.79 Å². The van der Waals surface area contributed by atoms with Gasteiger partial charge in [-0.15, -0.1) is 0 Å². The molecule has 1 saturated heterocycles. The second-order valence-electron chi connectivity index (χ2n) is 4.75. The van der Waals surface area contributed by atoms with Crippen molar-refractivity contribution in [3.8, 4) is 0 Å². The Morgan fingerprint density at radius 1 is 1.44 bits per heavy atom. The lowest BCUT2D eigenvalue weighted by molar-refractivity contribution is -0.137. The molecule has 6 heteroatoms. The summed E-state index contributed by atoms with van der Waals surface area (Å²) in [6, 6.07) is 0.0462. The van der Waals surface area contributed by atoms with E-state index in [-0.39, 0.29) is 12.5 Å². The van der Waals surface area contributed by atoms with E-state index in [0.29, 0.717) is 19.0 Å². The molecule has 2 unspecified atom stereocenters. The maximum Gasteiger partial charge on any atom is 0.407 e. The van der Waals surface area contributed by atoms with Crippen molar-refractivity contribution in [2.45, 2.75) is 32.2 Å². The molecule has 0 aromatic carbocycles. The van der Waals surface area contributed by atoms with Gasteiger partial charge >= 0.3 is 12.1 Å². The van der Waals surface area contributed by atoms with Gasteiger partial charge in [0.15, 0.2) is 0 Å². The minimum absolute atomic E-state index is 0.0462. The maximum atomic E-state index is 11.2. The molecule has 104 valence electrons. The number of likely N-dealkylation sites (tertiary alicyclic amines) is 1. The average molecular weight is 258 g/mol. The summed E-state index contributed by atoms with van der Waals surface area (Å²) in [5.41, 5.74) is 0. The standard InChI is InChI=1S/C12H22N2O4/c1-3-9-6-10(13-12(17)18-2)8-14(7-9)5-4-11(15)16/h9-10H,3-8H2,1-2H3,(H,13,17)(H,15,16). The van der Waals surface area contributed by atoms with Crippen LogP contribution in [0.25, 0.3) is 0 Å². The van der Waals surface area contributed by atoms with Crippen LogP contribution in [0, 0.1) is 5.92 Å². The molecule has 2 N–H and O–H groups in total. The van der Waals surface area contributed by atoms with Crippen molar-refractivity contribution in [1.82, 2.24) is 10.2 Å². The van der Waals surface area contributed by atoms with Gasteiger partial charge < -0.3 is 20.1 Å². The topological polar surface area (TPSA) is 78.9 Å². The van der Waals surface area contributed by atoms with Crippen LogP contribution in [0.3, 0.4) is 0 Å². The number of carboxylic acids is 1. The molecule has 1 aliphatic heterocycles. The highest BCUT2D eigenvalue weighted by atomic mass is 16.5. The van der Waals surface area contributed by atoms with Gasteiger partial charge in [-0.05, 0) is 12.3 Å². The second-order valence-corrected chi connectivity index (χ2v) is 4.75. The maximum absolute atomic E-state index is 11.2. The lowest BCUT2D eigenvalue weighted by atomic mass is 9.92. The molecule has 1 rings (SSSR count). The first kappa shape index (κ1) is 14.8. The van der Waals surface area contributed by atoms with Crippen molar-refractivity contribution in [3.05, 3.63) is 0 Å². The molecule has 0 aromatic rings. The van der Waals surface area contributed by atoms with Crippen LogP contribution in [0.2, 0.25) is 0 Å². The number of hydrogen-bond acceptors (Lipinski definition) is 4. The third kappa shape index (κ3) is 4.91. The van der Waals surface area contributed by atoms with Gasteiger partial charge in [0.2, 0.25) is 0 Å². The van der Waals surface area contributed by atoms with Gasteiger partial charge in [0.25, 0.3) is 0 Å². The Morgan fingerprint density at radius 2 is 2.17 bits per heavy atom. The fraction of sp³-hybridized carbons (Fsp3) is 0.833. The summed E-state index contributed by atoms with van der Waals surface area (Å²) >= 11 is 0. The average Bonchev–Trinajstić information content (AvgIpc) is 2.35. The van der Waals surface area contributed by atoms with Crippen LogP contribution >= 0.6 is 0 Å². The van der Waals surface area contributed by atoms with Crippen LogP contribution in [0.1, 0.15) is 26.2 Å². The van der Waals surface area contributed by atoms with E-state index in [1.165, 1.54) is 7.11 Å². The fourth-order valence-corrected chi connectivity index (χ4v) is 2.37. The van der Waals surface area contributed by atoms with E-state index < -0.39 is 12.1 Å². The molecule has 1 fully saturated rings. The Bertz CT molecular complexity index is 296. The van der Waals surface area contributed by atoms with E-state index in [0.717, 1.165) is 19.4 Å². The summed E-state index contributed by atoms with van der Waals surface area (Å²) < 4.78 is 4.59. The number of hydrogen-bond donors (Lipinski definition) is 2. The number of aliphatic carboxylic acids is 1. The third-order valence-corrected chi connectivity index (χ3v) is 3.34. The van der Waals surface area contributed by atoms with E-state index in [2.05, 4.69) is 21.9 Å². The Kier molecular flexibility index (Phi) is 5.91. The highest BCUT2D eigenvalue weighted by Crippen LogP contribution is 2.20. The van der Waals surface area contributed by atoms with E-state index in [1.807, 2.05) is 0 Å². The molecule has 1 heterocycles. The number of rotatable bonds is 5. The van der Waals surface area contributed by atoms with Crippen molar-refractivity contribution < 1.29 is 19.4 Å². The second kappa shape index (κ2) is 7.20. The highest BCUT2D eigenvalue weighted by molar-refractivity contribution is 5.67. The van der Waals surface area contributed by atoms with Gasteiger partial charge in [0.1, 0.15) is 0 Å². The first-order chi connectivity index (χ1) is 8.55. The summed E-state index contributed by atoms with van der Waals surface area (Å²) in [6.45, 7) is 4.24. The first-order valence-corrected chi connectivity index (χ1v) is 6.33. The molecule has 0 saturated carbocycles. The van der Waals surface area contributed by atoms with E-state index in [9.17, 15) is 9.59 Å². The van der Waals surface area contributed by atoms with Crippen LogP contribution < -0.4 is 5.32 Å². The zero-order valence-electron chi connectivity index (χ0n) is 11.0. The number of piperidine rings is 1. The van der Waals surface area contributed by atoms with Crippen molar-refractivity contribution in [1.29, 1.82) is 0 Å². The van der Waals surface area contributed by atoms with Crippen LogP contribution in [0.15, 0.2) is 0 Å². The third-order valence-electron chi connectivity index (χ3n) is 3.34. The highest BCUT2D eigenvalue weighted by Gasteiger charge is 2.27. The predicted molar refractivity (Wildman–Crippen MR) is 66.4 cm³/mol. The Hall–Kier alpha value is -1.30. The van der Waals surface area contributed by atoms with Gasteiger partial charge in [0.05, 0.1) is 13.5 Å². The van der Waals surface area contributed by atoms with Crippen molar-refractivity contribution in [2.24, 2.45) is 5.92 Å². The molecular weight excluding hydrogens is 236 g/mol. The number of nitrogens with zero attached hydrogens (tertiary/aromatic N) is 1. The summed E-state index contributed by atoms with van der Waals surface area (Å²) in [5.74, 6) is -0.291. The quantitative estimate of drug-likeness (QED) is 0.766. The molecular formula is C12H22N2O4. The van der Waals surface area contributed by atoms with Crippen LogP contribution in [-0.4, -0.2) is 54.9 Å². The summed E-state index contributed by atoms with van der Waals surface area (Å²) in [5, 5.41) is 11.5. The monoisotopic (exact) mass is 258 g/mol. The molecule has 18 heavy (non-hydrogen) atoms. The Morgan fingerprint density at radius 3 is 2.72 bits per heavy atom. The zero-order chi connectivity index (χ0) is 13.5. The molecule has 0 radical (unpaired) electrons. The Labute approximate surface area is 107 Å². The number of nitrogens with one attached hydrogen (secondary N) is 1. The van der Waals surface area contributed by atoms with Gasteiger partial charge in [-0.3, -0.25) is 4.79 Å². The number of carbonyl (C=O) groups is 2. The molecule has 1 amide bonds. The van der Waals surface area contributed by atoms with Crippen LogP contribution in [-0.2, 0) is 9.53 Å². The van der Waals surface area contributed by atoms with Crippen molar-refractivity contribution >= 4 is 12.1 Å². The number of carbonyl (C=O) groups excluding carboxylic acids is 1. The molecule has 0 aromatic heterocycles. The summed E-state index contributed by atoms with van der Waals surface area (Å²) in [7, 11) is 1.34. The van der Waals surface area contributed by atoms with Gasteiger partial charge in [-0.2, -0.15) is 0 Å². The molecule has 0 aliphatic carbocycles. The van der Waals surface area contributed by atoms with E-state index in [4.69, 9.17) is 5.11 Å². The minimum atomic E-state index is -0.786. The fourth-order valence-electron chi connectivity index (χ4n) is 2.37. The number of alkyl carbamates (subject to hydrolysis) is 1. The number of carboxylic acid groups (broad SMARTS) is 1. The van der Waals surface area contributed by atoms with Crippen LogP contribution in [0.5, 0.6) is 0 Å². The largest absolute Gasteiger partial charge is 0.481 e. The molecule has 0 bridgehead atoms. The minimum Gasteiger partial charge on any atom is -0.481 e. The smallest absolute Gasteiger partial charge is 0.407 e. The van der Waals surface area contributed by atoms with Gasteiger partial charge in [-0.1, -0.05) is 13.3 Å². The number of methoxy groups -OCH3 is 1. The van der Waals surface area contributed by atoms with Gasteiger partial charge in [0, 0.05) is 25.7 Å². The van der Waals surface area contributed by atoms with Crippen LogP contribution in [0.4, 0.5) is 4.79 Å². The number of ether oxygens (including phenoxy) is 1. The normalized spacial score (nSPS) is 24.6. The first-order valence-electron chi connectivity index (χ1n) is 6.33. The lowest BCUT2D eigenvalue weighted by Gasteiger charge is -2.37. The SMILES string of the molecule is CCC1CC(NC(=O)OC)CN(CCC(=O)O)C1. The summed E-state index contributed by atoms with van der Waals surface area (Å²) in [6.07, 6.45) is 1.68. The van der Waals surface area contributed by atoms with Crippen molar-refractivity contribution in [2.75, 3.05) is 26.7 Å². The zero-order valence-corrected chi connectivity index (χ0v) is 11.0. The predicted octanol–water partition coefficient (Wildman–Crippen LogP) is 0.918. The summed E-state index contributed by atoms with van der Waals surface area (Å²) in [4.78, 5) is 23.9. The van der Waals surface area contributed by atoms with E-state index >= 15 is 0 Å². The molecule has 6 nitrogen and oxygen atoms in total. The number of amides is 1. The molecule has 1 aliphatic rings.